The SMILES string of the molecule is COc1ccc(N2C(=O)C(Nc3ccc(C)cc3)=C(Sc3ccc(NC(=O)c4cccc(Cl)c4)cc3)C2=O)cc1. The molecule has 1 aliphatic rings. The van der Waals surface area contributed by atoms with Crippen LogP contribution in [0.2, 0.25) is 5.02 Å². The van der Waals surface area contributed by atoms with Crippen molar-refractivity contribution in [3.8, 4) is 5.75 Å². The fourth-order valence-electron chi connectivity index (χ4n) is 4.02. The van der Waals surface area contributed by atoms with Crippen LogP contribution in [-0.4, -0.2) is 24.8 Å². The molecule has 0 atom stereocenters. The second-order valence-corrected chi connectivity index (χ2v) is 10.5. The van der Waals surface area contributed by atoms with Crippen molar-refractivity contribution < 1.29 is 19.1 Å². The number of nitrogens with zero attached hydrogens (tertiary/aromatic N) is 1. The van der Waals surface area contributed by atoms with Crippen LogP contribution in [0.3, 0.4) is 0 Å². The molecule has 4 aromatic carbocycles. The van der Waals surface area contributed by atoms with Gasteiger partial charge in [-0.2, -0.15) is 0 Å². The number of carbonyl (C=O) groups is 3. The minimum absolute atomic E-state index is 0.188. The quantitative estimate of drug-likeness (QED) is 0.224. The third-order valence-corrected chi connectivity index (χ3v) is 7.44. The maximum atomic E-state index is 13.6. The highest BCUT2D eigenvalue weighted by Gasteiger charge is 2.40. The van der Waals surface area contributed by atoms with Crippen LogP contribution in [0.4, 0.5) is 17.1 Å². The van der Waals surface area contributed by atoms with E-state index in [4.69, 9.17) is 16.3 Å². The van der Waals surface area contributed by atoms with E-state index in [1.165, 1.54) is 11.8 Å². The Balaban J connectivity index is 1.40. The van der Waals surface area contributed by atoms with Crippen molar-refractivity contribution in [3.05, 3.63) is 124 Å². The van der Waals surface area contributed by atoms with Crippen molar-refractivity contribution >= 4 is 58.1 Å². The highest BCUT2D eigenvalue weighted by Crippen LogP contribution is 2.38. The molecule has 0 aliphatic carbocycles. The summed E-state index contributed by atoms with van der Waals surface area (Å²) in [6, 6.07) is 28.0. The number of methoxy groups -OCH3 is 1. The average Bonchev–Trinajstić information content (AvgIpc) is 3.19. The van der Waals surface area contributed by atoms with Gasteiger partial charge in [0.05, 0.1) is 12.8 Å². The lowest BCUT2D eigenvalue weighted by molar-refractivity contribution is -0.120. The van der Waals surface area contributed by atoms with Gasteiger partial charge >= 0.3 is 0 Å². The van der Waals surface area contributed by atoms with Crippen LogP contribution in [0.5, 0.6) is 5.75 Å². The maximum absolute atomic E-state index is 13.6. The molecule has 1 heterocycles. The molecular weight excluding hydrogens is 546 g/mol. The van der Waals surface area contributed by atoms with Crippen molar-refractivity contribution in [1.82, 2.24) is 0 Å². The Morgan fingerprint density at radius 1 is 0.850 bits per heavy atom. The first-order valence-electron chi connectivity index (χ1n) is 12.3. The first kappa shape index (κ1) is 27.1. The third-order valence-electron chi connectivity index (χ3n) is 6.11. The van der Waals surface area contributed by atoms with Gasteiger partial charge in [-0.05, 0) is 85.8 Å². The lowest BCUT2D eigenvalue weighted by Crippen LogP contribution is -2.32. The topological polar surface area (TPSA) is 87.7 Å². The highest BCUT2D eigenvalue weighted by molar-refractivity contribution is 8.04. The molecule has 0 saturated carbocycles. The number of ether oxygens (including phenoxy) is 1. The van der Waals surface area contributed by atoms with Crippen LogP contribution in [-0.2, 0) is 9.59 Å². The molecule has 2 N–H and O–H groups in total. The summed E-state index contributed by atoms with van der Waals surface area (Å²) in [5, 5.41) is 6.46. The molecule has 0 bridgehead atoms. The van der Waals surface area contributed by atoms with E-state index in [9.17, 15) is 14.4 Å². The summed E-state index contributed by atoms with van der Waals surface area (Å²) in [6.07, 6.45) is 0. The van der Waals surface area contributed by atoms with E-state index in [2.05, 4.69) is 10.6 Å². The third kappa shape index (κ3) is 5.88. The molecule has 3 amide bonds. The summed E-state index contributed by atoms with van der Waals surface area (Å²) in [6.45, 7) is 1.97. The van der Waals surface area contributed by atoms with Crippen LogP contribution < -0.4 is 20.3 Å². The number of carbonyl (C=O) groups excluding carboxylic acids is 3. The molecule has 40 heavy (non-hydrogen) atoms. The van der Waals surface area contributed by atoms with Gasteiger partial charge in [-0.1, -0.05) is 47.1 Å². The molecule has 200 valence electrons. The molecular formula is C31H24ClN3O4S. The van der Waals surface area contributed by atoms with E-state index >= 15 is 0 Å². The summed E-state index contributed by atoms with van der Waals surface area (Å²) < 4.78 is 5.21. The van der Waals surface area contributed by atoms with Crippen LogP contribution in [0, 0.1) is 6.92 Å². The highest BCUT2D eigenvalue weighted by atomic mass is 35.5. The number of thioether (sulfide) groups is 1. The summed E-state index contributed by atoms with van der Waals surface area (Å²) in [4.78, 5) is 41.9. The largest absolute Gasteiger partial charge is 0.497 e. The van der Waals surface area contributed by atoms with Gasteiger partial charge in [0.25, 0.3) is 17.7 Å². The number of nitrogens with one attached hydrogen (secondary N) is 2. The number of halogens is 1. The van der Waals surface area contributed by atoms with Gasteiger partial charge in [0.2, 0.25) is 0 Å². The minimum atomic E-state index is -0.455. The second-order valence-electron chi connectivity index (χ2n) is 8.93. The van der Waals surface area contributed by atoms with E-state index in [0.29, 0.717) is 33.4 Å². The van der Waals surface area contributed by atoms with Crippen molar-refractivity contribution in [3.63, 3.8) is 0 Å². The number of aryl methyl sites for hydroxylation is 1. The Morgan fingerprint density at radius 2 is 1.52 bits per heavy atom. The van der Waals surface area contributed by atoms with Gasteiger partial charge in [-0.3, -0.25) is 14.4 Å². The summed E-state index contributed by atoms with van der Waals surface area (Å²) in [5.41, 5.74) is 3.41. The molecule has 0 radical (unpaired) electrons. The predicted octanol–water partition coefficient (Wildman–Crippen LogP) is 6.90. The van der Waals surface area contributed by atoms with Gasteiger partial charge in [-0.25, -0.2) is 4.90 Å². The zero-order chi connectivity index (χ0) is 28.2. The molecule has 9 heteroatoms. The maximum Gasteiger partial charge on any atom is 0.283 e. The summed E-state index contributed by atoms with van der Waals surface area (Å²) in [7, 11) is 1.55. The summed E-state index contributed by atoms with van der Waals surface area (Å²) >= 11 is 7.17. The van der Waals surface area contributed by atoms with Crippen LogP contribution in [0.25, 0.3) is 0 Å². The normalized spacial score (nSPS) is 13.0. The first-order chi connectivity index (χ1) is 19.3. The standard InChI is InChI=1S/C31H24ClN3O4S/c1-19-6-8-22(9-7-19)33-27-28(31(38)35(30(27)37)24-12-14-25(39-2)15-13-24)40-26-16-10-23(11-17-26)34-29(36)20-4-3-5-21(32)18-20/h3-18,33H,1-2H3,(H,34,36). The van der Waals surface area contributed by atoms with Gasteiger partial charge in [-0.15, -0.1) is 0 Å². The number of imide groups is 1. The van der Waals surface area contributed by atoms with E-state index < -0.39 is 11.8 Å². The lowest BCUT2D eigenvalue weighted by atomic mass is 10.2. The minimum Gasteiger partial charge on any atom is -0.497 e. The Kier molecular flexibility index (Phi) is 7.91. The first-order valence-corrected chi connectivity index (χ1v) is 13.5. The van der Waals surface area contributed by atoms with Gasteiger partial charge in [0, 0.05) is 26.9 Å². The molecule has 0 saturated heterocycles. The number of hydrogen-bond donors (Lipinski definition) is 2. The van der Waals surface area contributed by atoms with Crippen LogP contribution >= 0.6 is 23.4 Å². The van der Waals surface area contributed by atoms with Crippen molar-refractivity contribution in [2.45, 2.75) is 11.8 Å². The Labute approximate surface area is 240 Å². The van der Waals surface area contributed by atoms with E-state index in [-0.39, 0.29) is 16.5 Å². The Hall–Kier alpha value is -4.53. The molecule has 0 aromatic heterocycles. The predicted molar refractivity (Wildman–Crippen MR) is 159 cm³/mol. The van der Waals surface area contributed by atoms with Crippen molar-refractivity contribution in [1.29, 1.82) is 0 Å². The molecule has 0 fully saturated rings. The molecule has 0 unspecified atom stereocenters. The number of rotatable bonds is 8. The molecule has 4 aromatic rings. The number of hydrogen-bond acceptors (Lipinski definition) is 6. The lowest BCUT2D eigenvalue weighted by Gasteiger charge is -2.15. The molecule has 0 spiro atoms. The van der Waals surface area contributed by atoms with Crippen LogP contribution in [0.1, 0.15) is 15.9 Å². The molecule has 1 aliphatic heterocycles. The van der Waals surface area contributed by atoms with Crippen LogP contribution in [0.15, 0.2) is 113 Å². The van der Waals surface area contributed by atoms with E-state index in [1.807, 2.05) is 31.2 Å². The Morgan fingerprint density at radius 3 is 2.17 bits per heavy atom. The molecule has 5 rings (SSSR count). The smallest absolute Gasteiger partial charge is 0.283 e. The van der Waals surface area contributed by atoms with Gasteiger partial charge in [0.1, 0.15) is 16.4 Å². The second kappa shape index (κ2) is 11.7. The fraction of sp³-hybridized carbons (Fsp3) is 0.0645. The van der Waals surface area contributed by atoms with Gasteiger partial charge in [0.15, 0.2) is 0 Å². The Bertz CT molecular complexity index is 1620. The summed E-state index contributed by atoms with van der Waals surface area (Å²) in [5.74, 6) is -0.565. The number of benzene rings is 4. The fourth-order valence-corrected chi connectivity index (χ4v) is 5.14. The average molecular weight is 570 g/mol. The van der Waals surface area contributed by atoms with Gasteiger partial charge < -0.3 is 15.4 Å². The van der Waals surface area contributed by atoms with E-state index in [0.717, 1.165) is 15.4 Å². The number of amides is 3. The number of anilines is 3. The molecule has 7 nitrogen and oxygen atoms in total. The van der Waals surface area contributed by atoms with Crippen molar-refractivity contribution in [2.75, 3.05) is 22.6 Å². The van der Waals surface area contributed by atoms with Crippen molar-refractivity contribution in [2.24, 2.45) is 0 Å². The monoisotopic (exact) mass is 569 g/mol. The zero-order valence-electron chi connectivity index (χ0n) is 21.6. The zero-order valence-corrected chi connectivity index (χ0v) is 23.2. The van der Waals surface area contributed by atoms with E-state index in [1.54, 1.807) is 79.9 Å².